The molecule has 3 unspecified atom stereocenters. The van der Waals surface area contributed by atoms with E-state index in [-0.39, 0.29) is 24.8 Å². The molecule has 2 rings (SSSR count). The van der Waals surface area contributed by atoms with Crippen molar-refractivity contribution in [2.75, 3.05) is 20.5 Å². The molecule has 0 aromatic carbocycles. The van der Waals surface area contributed by atoms with Crippen LogP contribution >= 0.6 is 0 Å². The Labute approximate surface area is 94.2 Å². The van der Waals surface area contributed by atoms with Crippen molar-refractivity contribution in [3.63, 3.8) is 0 Å². The zero-order chi connectivity index (χ0) is 11.8. The van der Waals surface area contributed by atoms with Gasteiger partial charge in [0.15, 0.2) is 11.9 Å². The Morgan fingerprint density at radius 2 is 2.31 bits per heavy atom. The molecule has 2 heterocycles. The summed E-state index contributed by atoms with van der Waals surface area (Å²) in [7, 11) is 1.52. The van der Waals surface area contributed by atoms with Gasteiger partial charge >= 0.3 is 0 Å². The van der Waals surface area contributed by atoms with Gasteiger partial charge < -0.3 is 24.3 Å². The lowest BCUT2D eigenvalue weighted by Gasteiger charge is -2.39. The lowest BCUT2D eigenvalue weighted by molar-refractivity contribution is -0.179. The Hall–Kier alpha value is -0.690. The summed E-state index contributed by atoms with van der Waals surface area (Å²) >= 11 is 0. The number of amides is 1. The first-order valence-electron chi connectivity index (χ1n) is 5.26. The van der Waals surface area contributed by atoms with Gasteiger partial charge in [-0.15, -0.1) is 0 Å². The number of hydrogen-bond acceptors (Lipinski definition) is 5. The number of rotatable bonds is 4. The van der Waals surface area contributed by atoms with Gasteiger partial charge in [0, 0.05) is 7.11 Å². The summed E-state index contributed by atoms with van der Waals surface area (Å²) in [6.45, 7) is 4.26. The van der Waals surface area contributed by atoms with Gasteiger partial charge in [0.05, 0.1) is 12.6 Å². The van der Waals surface area contributed by atoms with E-state index >= 15 is 0 Å². The van der Waals surface area contributed by atoms with Crippen molar-refractivity contribution in [3.8, 4) is 0 Å². The largest absolute Gasteiger partial charge is 0.359 e. The maximum Gasteiger partial charge on any atom is 0.251 e. The van der Waals surface area contributed by atoms with Gasteiger partial charge in [-0.1, -0.05) is 0 Å². The molecular weight excluding hydrogens is 214 g/mol. The van der Waals surface area contributed by atoms with Gasteiger partial charge in [-0.25, -0.2) is 0 Å². The molecule has 92 valence electrons. The Balaban J connectivity index is 1.88. The Morgan fingerprint density at radius 1 is 1.56 bits per heavy atom. The molecule has 0 bridgehead atoms. The molecule has 0 aromatic rings. The number of methoxy groups -OCH3 is 1. The van der Waals surface area contributed by atoms with E-state index in [1.165, 1.54) is 7.11 Å². The van der Waals surface area contributed by atoms with Crippen LogP contribution < -0.4 is 5.32 Å². The van der Waals surface area contributed by atoms with Gasteiger partial charge in [-0.3, -0.25) is 4.79 Å². The average molecular weight is 231 g/mol. The van der Waals surface area contributed by atoms with E-state index in [9.17, 15) is 4.79 Å². The second-order valence-electron chi connectivity index (χ2n) is 4.40. The first-order chi connectivity index (χ1) is 7.53. The summed E-state index contributed by atoms with van der Waals surface area (Å²) in [6.07, 6.45) is -0.656. The van der Waals surface area contributed by atoms with Crippen molar-refractivity contribution in [1.29, 1.82) is 0 Å². The number of carbonyl (C=O) groups excluding carboxylic acids is 1. The molecule has 2 fully saturated rings. The highest BCUT2D eigenvalue weighted by molar-refractivity contribution is 5.88. The molecule has 2 saturated heterocycles. The highest BCUT2D eigenvalue weighted by Gasteiger charge is 2.50. The smallest absolute Gasteiger partial charge is 0.251 e. The quantitative estimate of drug-likeness (QED) is 0.528. The predicted octanol–water partition coefficient (Wildman–Crippen LogP) is -0.375. The normalized spacial score (nSPS) is 36.9. The van der Waals surface area contributed by atoms with E-state index < -0.39 is 11.9 Å². The monoisotopic (exact) mass is 231 g/mol. The molecule has 16 heavy (non-hydrogen) atoms. The minimum Gasteiger partial charge on any atom is -0.359 e. The maximum absolute atomic E-state index is 11.3. The predicted molar refractivity (Wildman–Crippen MR) is 53.6 cm³/mol. The van der Waals surface area contributed by atoms with Crippen LogP contribution in [0.4, 0.5) is 0 Å². The standard InChI is InChI=1S/C10H17NO5/c1-10(2)15-4-6(16-10)7-8(9(12)11-7)14-5-13-3/h6-8H,4-5H2,1-3H3,(H,11,12). The topological polar surface area (TPSA) is 66.0 Å². The number of nitrogens with one attached hydrogen (secondary N) is 1. The van der Waals surface area contributed by atoms with E-state index in [1.807, 2.05) is 13.8 Å². The molecule has 2 aliphatic rings. The summed E-state index contributed by atoms with van der Waals surface area (Å²) in [5, 5.41) is 2.76. The molecule has 2 aliphatic heterocycles. The van der Waals surface area contributed by atoms with Crippen molar-refractivity contribution in [2.45, 2.75) is 37.9 Å². The first kappa shape index (κ1) is 11.8. The molecule has 0 saturated carbocycles. The third-order valence-corrected chi connectivity index (χ3v) is 2.69. The van der Waals surface area contributed by atoms with Crippen molar-refractivity contribution in [3.05, 3.63) is 0 Å². The van der Waals surface area contributed by atoms with Crippen LogP contribution in [0.1, 0.15) is 13.8 Å². The second-order valence-corrected chi connectivity index (χ2v) is 4.40. The Morgan fingerprint density at radius 3 is 2.81 bits per heavy atom. The third kappa shape index (κ3) is 2.20. The fraction of sp³-hybridized carbons (Fsp3) is 0.900. The van der Waals surface area contributed by atoms with Crippen LogP contribution in [-0.4, -0.2) is 50.5 Å². The average Bonchev–Trinajstić information content (AvgIpc) is 2.55. The molecule has 0 aromatic heterocycles. The molecule has 0 radical (unpaired) electrons. The molecule has 1 N–H and O–H groups in total. The molecule has 3 atom stereocenters. The molecule has 1 amide bonds. The van der Waals surface area contributed by atoms with E-state index in [1.54, 1.807) is 0 Å². The van der Waals surface area contributed by atoms with Crippen LogP contribution in [0.25, 0.3) is 0 Å². The van der Waals surface area contributed by atoms with E-state index in [0.29, 0.717) is 6.61 Å². The number of hydrogen-bond donors (Lipinski definition) is 1. The van der Waals surface area contributed by atoms with Gasteiger partial charge in [-0.2, -0.15) is 0 Å². The van der Waals surface area contributed by atoms with Gasteiger partial charge in [-0.05, 0) is 13.8 Å². The second kappa shape index (κ2) is 4.29. The number of carbonyl (C=O) groups is 1. The molecule has 6 nitrogen and oxygen atoms in total. The lowest BCUT2D eigenvalue weighted by atomic mass is 9.96. The summed E-state index contributed by atoms with van der Waals surface area (Å²) in [5.74, 6) is -0.716. The molecule has 0 spiro atoms. The third-order valence-electron chi connectivity index (χ3n) is 2.69. The fourth-order valence-corrected chi connectivity index (χ4v) is 1.89. The summed E-state index contributed by atoms with van der Waals surface area (Å²) in [6, 6.07) is -0.149. The van der Waals surface area contributed by atoms with Crippen molar-refractivity contribution in [1.82, 2.24) is 5.32 Å². The van der Waals surface area contributed by atoms with Crippen molar-refractivity contribution >= 4 is 5.91 Å². The summed E-state index contributed by atoms with van der Waals surface area (Å²) in [4.78, 5) is 11.3. The maximum atomic E-state index is 11.3. The lowest BCUT2D eigenvalue weighted by Crippen LogP contribution is -2.68. The van der Waals surface area contributed by atoms with Crippen LogP contribution in [0.2, 0.25) is 0 Å². The SMILES string of the molecule is COCOC1C(=O)NC1C1COC(C)(C)O1. The van der Waals surface area contributed by atoms with Crippen LogP contribution in [0.15, 0.2) is 0 Å². The highest BCUT2D eigenvalue weighted by Crippen LogP contribution is 2.28. The number of β-lactam (4-membered cyclic amide) rings is 1. The van der Waals surface area contributed by atoms with Crippen LogP contribution in [0, 0.1) is 0 Å². The van der Waals surface area contributed by atoms with Crippen LogP contribution in [0.3, 0.4) is 0 Å². The van der Waals surface area contributed by atoms with Gasteiger partial charge in [0.2, 0.25) is 0 Å². The van der Waals surface area contributed by atoms with Crippen molar-refractivity contribution in [2.24, 2.45) is 0 Å². The van der Waals surface area contributed by atoms with Crippen LogP contribution in [0.5, 0.6) is 0 Å². The minimum absolute atomic E-state index is 0.103. The molecular formula is C10H17NO5. The van der Waals surface area contributed by atoms with E-state index in [0.717, 1.165) is 0 Å². The Kier molecular flexibility index (Phi) is 3.16. The minimum atomic E-state index is -0.587. The van der Waals surface area contributed by atoms with Gasteiger partial charge in [0.1, 0.15) is 12.9 Å². The number of ether oxygens (including phenoxy) is 4. The first-order valence-corrected chi connectivity index (χ1v) is 5.26. The van der Waals surface area contributed by atoms with Gasteiger partial charge in [0.25, 0.3) is 5.91 Å². The van der Waals surface area contributed by atoms with Crippen molar-refractivity contribution < 1.29 is 23.7 Å². The van der Waals surface area contributed by atoms with E-state index in [4.69, 9.17) is 18.9 Å². The van der Waals surface area contributed by atoms with E-state index in [2.05, 4.69) is 5.32 Å². The zero-order valence-electron chi connectivity index (χ0n) is 9.69. The zero-order valence-corrected chi connectivity index (χ0v) is 9.69. The fourth-order valence-electron chi connectivity index (χ4n) is 1.89. The highest BCUT2D eigenvalue weighted by atomic mass is 16.7. The summed E-state index contributed by atoms with van der Waals surface area (Å²) in [5.41, 5.74) is 0. The molecule has 0 aliphatic carbocycles. The summed E-state index contributed by atoms with van der Waals surface area (Å²) < 4.78 is 21.1. The van der Waals surface area contributed by atoms with Crippen LogP contribution in [-0.2, 0) is 23.7 Å². The molecule has 6 heteroatoms. The Bertz CT molecular complexity index is 280.